The maximum atomic E-state index is 12.1. The van der Waals surface area contributed by atoms with Gasteiger partial charge in [-0.05, 0) is 42.3 Å². The first-order valence-electron chi connectivity index (χ1n) is 7.86. The van der Waals surface area contributed by atoms with Gasteiger partial charge in [-0.15, -0.1) is 0 Å². The Hall–Kier alpha value is -3.29. The van der Waals surface area contributed by atoms with Crippen molar-refractivity contribution in [2.75, 3.05) is 19.0 Å². The molecule has 0 saturated heterocycles. The first kappa shape index (κ1) is 20.0. The van der Waals surface area contributed by atoms with E-state index in [-0.39, 0.29) is 18.1 Å². The lowest BCUT2D eigenvalue weighted by molar-refractivity contribution is -0.118. The van der Waals surface area contributed by atoms with Crippen molar-refractivity contribution in [3.63, 3.8) is 0 Å². The third-order valence-electron chi connectivity index (χ3n) is 3.60. The lowest BCUT2D eigenvalue weighted by Gasteiger charge is -2.13. The molecule has 1 N–H and O–H groups in total. The summed E-state index contributed by atoms with van der Waals surface area (Å²) in [6, 6.07) is 14.3. The van der Waals surface area contributed by atoms with Crippen LogP contribution in [0, 0.1) is 29.6 Å². The zero-order valence-electron chi connectivity index (χ0n) is 14.7. The number of nitrogens with one attached hydrogen (secondary N) is 1. The van der Waals surface area contributed by atoms with Gasteiger partial charge in [0.25, 0.3) is 5.91 Å². The average molecular weight is 426 g/mol. The highest BCUT2D eigenvalue weighted by molar-refractivity contribution is 9.10. The zero-order chi connectivity index (χ0) is 19.8. The number of carbonyl (C=O) groups is 1. The van der Waals surface area contributed by atoms with E-state index in [1.54, 1.807) is 24.3 Å². The van der Waals surface area contributed by atoms with Gasteiger partial charge in [-0.25, -0.2) is 0 Å². The fourth-order valence-corrected chi connectivity index (χ4v) is 2.66. The van der Waals surface area contributed by atoms with Crippen molar-refractivity contribution in [2.24, 2.45) is 0 Å². The molecule has 1 amide bonds. The number of nitrogens with zero attached hydrogens (tertiary/aromatic N) is 2. The van der Waals surface area contributed by atoms with E-state index >= 15 is 0 Å². The van der Waals surface area contributed by atoms with Crippen LogP contribution in [0.25, 0.3) is 6.08 Å². The molecule has 2 rings (SSSR count). The number of carbonyl (C=O) groups excluding carboxylic acids is 1. The van der Waals surface area contributed by atoms with Crippen LogP contribution in [-0.4, -0.2) is 19.6 Å². The summed E-state index contributed by atoms with van der Waals surface area (Å²) in [5.74, 6) is 0.433. The Morgan fingerprint density at radius 1 is 1.22 bits per heavy atom. The van der Waals surface area contributed by atoms with Crippen molar-refractivity contribution in [3.05, 3.63) is 57.6 Å². The average Bonchev–Trinajstić information content (AvgIpc) is 2.67. The number of methoxy groups -OCH3 is 1. The van der Waals surface area contributed by atoms with Gasteiger partial charge in [0.2, 0.25) is 0 Å². The molecule has 7 heteroatoms. The number of amides is 1. The van der Waals surface area contributed by atoms with Crippen LogP contribution in [0.2, 0.25) is 0 Å². The highest BCUT2D eigenvalue weighted by Gasteiger charge is 2.12. The fraction of sp³-hybridized carbons (Fsp3) is 0.150. The van der Waals surface area contributed by atoms with Gasteiger partial charge in [0, 0.05) is 10.2 Å². The molecule has 0 aliphatic heterocycles. The van der Waals surface area contributed by atoms with E-state index in [9.17, 15) is 4.79 Å². The fourth-order valence-electron chi connectivity index (χ4n) is 2.22. The van der Waals surface area contributed by atoms with Crippen LogP contribution in [0.1, 0.15) is 11.1 Å². The number of ether oxygens (including phenoxy) is 2. The number of rotatable bonds is 6. The van der Waals surface area contributed by atoms with Crippen LogP contribution >= 0.6 is 15.9 Å². The number of para-hydroxylation sites is 1. The Bertz CT molecular complexity index is 955. The first-order chi connectivity index (χ1) is 13.0. The van der Waals surface area contributed by atoms with E-state index in [1.807, 2.05) is 31.2 Å². The summed E-state index contributed by atoms with van der Waals surface area (Å²) in [5.41, 5.74) is 2.22. The molecule has 0 spiro atoms. The van der Waals surface area contributed by atoms with Crippen molar-refractivity contribution in [1.82, 2.24) is 0 Å². The molecule has 0 aliphatic carbocycles. The van der Waals surface area contributed by atoms with Crippen LogP contribution in [0.15, 0.2) is 46.4 Å². The number of halogens is 1. The third-order valence-corrected chi connectivity index (χ3v) is 4.29. The summed E-state index contributed by atoms with van der Waals surface area (Å²) >= 11 is 3.37. The molecule has 136 valence electrons. The van der Waals surface area contributed by atoms with Crippen molar-refractivity contribution in [2.45, 2.75) is 6.92 Å². The zero-order valence-corrected chi connectivity index (χ0v) is 16.3. The predicted molar refractivity (Wildman–Crippen MR) is 105 cm³/mol. The predicted octanol–water partition coefficient (Wildman–Crippen LogP) is 4.21. The number of anilines is 1. The second-order valence-corrected chi connectivity index (χ2v) is 6.31. The summed E-state index contributed by atoms with van der Waals surface area (Å²) in [5, 5.41) is 20.6. The molecular formula is C20H16BrN3O3. The number of hydrogen-bond acceptors (Lipinski definition) is 5. The molecule has 0 aromatic heterocycles. The van der Waals surface area contributed by atoms with E-state index in [1.165, 1.54) is 13.2 Å². The number of aryl methyl sites for hydroxylation is 1. The van der Waals surface area contributed by atoms with Crippen molar-refractivity contribution in [3.8, 4) is 23.6 Å². The van der Waals surface area contributed by atoms with E-state index in [0.29, 0.717) is 21.5 Å². The van der Waals surface area contributed by atoms with Gasteiger partial charge >= 0.3 is 0 Å². The van der Waals surface area contributed by atoms with Gasteiger partial charge in [0.1, 0.15) is 17.7 Å². The Morgan fingerprint density at radius 2 is 1.93 bits per heavy atom. The van der Waals surface area contributed by atoms with E-state index < -0.39 is 0 Å². The molecule has 0 saturated carbocycles. The van der Waals surface area contributed by atoms with Gasteiger partial charge in [0.15, 0.2) is 18.1 Å². The van der Waals surface area contributed by atoms with E-state index in [4.69, 9.17) is 20.0 Å². The third kappa shape index (κ3) is 5.34. The van der Waals surface area contributed by atoms with Gasteiger partial charge in [-0.2, -0.15) is 10.5 Å². The van der Waals surface area contributed by atoms with Gasteiger partial charge in [0.05, 0.1) is 7.11 Å². The number of benzene rings is 2. The van der Waals surface area contributed by atoms with Crippen LogP contribution in [-0.2, 0) is 4.79 Å². The van der Waals surface area contributed by atoms with Crippen molar-refractivity contribution >= 4 is 33.6 Å². The van der Waals surface area contributed by atoms with Gasteiger partial charge < -0.3 is 14.8 Å². The summed E-state index contributed by atoms with van der Waals surface area (Å²) in [4.78, 5) is 12.1. The normalized spacial score (nSPS) is 9.52. The highest BCUT2D eigenvalue weighted by Crippen LogP contribution is 2.34. The quantitative estimate of drug-likeness (QED) is 0.699. The molecule has 0 heterocycles. The molecule has 0 unspecified atom stereocenters. The van der Waals surface area contributed by atoms with Crippen molar-refractivity contribution in [1.29, 1.82) is 10.5 Å². The second kappa shape index (κ2) is 9.42. The van der Waals surface area contributed by atoms with E-state index in [2.05, 4.69) is 21.2 Å². The molecule has 2 aromatic carbocycles. The molecule has 0 fully saturated rings. The summed E-state index contributed by atoms with van der Waals surface area (Å²) in [6.45, 7) is 1.70. The summed E-state index contributed by atoms with van der Waals surface area (Å²) in [7, 11) is 1.46. The molecule has 0 bridgehead atoms. The van der Waals surface area contributed by atoms with Crippen LogP contribution in [0.4, 0.5) is 5.69 Å². The Labute approximate surface area is 165 Å². The lowest BCUT2D eigenvalue weighted by atomic mass is 10.1. The molecule has 0 atom stereocenters. The SMILES string of the molecule is COc1cc(C=C(C#N)C#N)c(Br)cc1OCC(=O)Nc1ccccc1C. The number of nitriles is 2. The molecule has 0 aliphatic rings. The topological polar surface area (TPSA) is 95.1 Å². The van der Waals surface area contributed by atoms with Crippen molar-refractivity contribution < 1.29 is 14.3 Å². The highest BCUT2D eigenvalue weighted by atomic mass is 79.9. The Morgan fingerprint density at radius 3 is 2.56 bits per heavy atom. The lowest BCUT2D eigenvalue weighted by Crippen LogP contribution is -2.20. The Balaban J connectivity index is 2.15. The molecule has 27 heavy (non-hydrogen) atoms. The van der Waals surface area contributed by atoms with Crippen LogP contribution in [0.3, 0.4) is 0 Å². The van der Waals surface area contributed by atoms with Gasteiger partial charge in [-0.3, -0.25) is 4.79 Å². The number of hydrogen-bond donors (Lipinski definition) is 1. The minimum atomic E-state index is -0.303. The molecular weight excluding hydrogens is 410 g/mol. The summed E-state index contributed by atoms with van der Waals surface area (Å²) in [6.07, 6.45) is 1.43. The minimum absolute atomic E-state index is 0.0379. The first-order valence-corrected chi connectivity index (χ1v) is 8.65. The van der Waals surface area contributed by atoms with Crippen LogP contribution < -0.4 is 14.8 Å². The minimum Gasteiger partial charge on any atom is -0.493 e. The largest absolute Gasteiger partial charge is 0.493 e. The molecule has 6 nitrogen and oxygen atoms in total. The maximum absolute atomic E-state index is 12.1. The smallest absolute Gasteiger partial charge is 0.262 e. The van der Waals surface area contributed by atoms with Crippen LogP contribution in [0.5, 0.6) is 11.5 Å². The second-order valence-electron chi connectivity index (χ2n) is 5.46. The van der Waals surface area contributed by atoms with E-state index in [0.717, 1.165) is 11.3 Å². The maximum Gasteiger partial charge on any atom is 0.262 e. The van der Waals surface area contributed by atoms with Gasteiger partial charge in [-0.1, -0.05) is 34.1 Å². The monoisotopic (exact) mass is 425 g/mol. The number of allylic oxidation sites excluding steroid dienone is 1. The molecule has 2 aromatic rings. The Kier molecular flexibility index (Phi) is 6.99. The summed E-state index contributed by atoms with van der Waals surface area (Å²) < 4.78 is 11.5. The molecule has 0 radical (unpaired) electrons. The standard InChI is InChI=1S/C20H16BrN3O3/c1-13-5-3-4-6-17(13)24-20(25)12-27-19-9-16(21)15(8-18(19)26-2)7-14(10-22)11-23/h3-9H,12H2,1-2H3,(H,24,25).